The van der Waals surface area contributed by atoms with Gasteiger partial charge in [0.1, 0.15) is 0 Å². The standard InChI is InChI=1S/C17H26O3S/c1-17(2,3)15-6-4-13(5-7-15)10-16(18)11-14-8-9-21(19,20)12-14/h4-7,14,16,18H,8-12H2,1-3H3. The highest BCUT2D eigenvalue weighted by Gasteiger charge is 2.29. The van der Waals surface area contributed by atoms with Crippen LogP contribution in [0.5, 0.6) is 0 Å². The first-order valence-electron chi connectivity index (χ1n) is 7.64. The Morgan fingerprint density at radius 2 is 1.86 bits per heavy atom. The molecule has 1 fully saturated rings. The quantitative estimate of drug-likeness (QED) is 0.930. The molecule has 1 N–H and O–H groups in total. The predicted molar refractivity (Wildman–Crippen MR) is 86.2 cm³/mol. The molecule has 0 amide bonds. The van der Waals surface area contributed by atoms with E-state index in [0.29, 0.717) is 19.3 Å². The Kier molecular flexibility index (Phi) is 4.79. The third kappa shape index (κ3) is 4.82. The summed E-state index contributed by atoms with van der Waals surface area (Å²) in [6, 6.07) is 8.36. The van der Waals surface area contributed by atoms with Crippen molar-refractivity contribution in [3.8, 4) is 0 Å². The summed E-state index contributed by atoms with van der Waals surface area (Å²) in [7, 11) is -2.85. The van der Waals surface area contributed by atoms with E-state index < -0.39 is 15.9 Å². The maximum absolute atomic E-state index is 11.4. The van der Waals surface area contributed by atoms with Gasteiger partial charge >= 0.3 is 0 Å². The Labute approximate surface area is 128 Å². The number of aliphatic hydroxyl groups excluding tert-OH is 1. The fraction of sp³-hybridized carbons (Fsp3) is 0.647. The van der Waals surface area contributed by atoms with Gasteiger partial charge in [-0.25, -0.2) is 8.42 Å². The molecule has 1 aliphatic heterocycles. The molecule has 0 aromatic heterocycles. The molecule has 1 aromatic carbocycles. The van der Waals surface area contributed by atoms with Crippen molar-refractivity contribution in [3.63, 3.8) is 0 Å². The third-order valence-corrected chi connectivity index (χ3v) is 6.06. The van der Waals surface area contributed by atoms with E-state index in [2.05, 4.69) is 45.0 Å². The lowest BCUT2D eigenvalue weighted by Gasteiger charge is -2.20. The van der Waals surface area contributed by atoms with E-state index in [0.717, 1.165) is 5.56 Å². The Hall–Kier alpha value is -0.870. The molecule has 118 valence electrons. The van der Waals surface area contributed by atoms with E-state index in [4.69, 9.17) is 0 Å². The van der Waals surface area contributed by atoms with Crippen LogP contribution >= 0.6 is 0 Å². The van der Waals surface area contributed by atoms with Gasteiger partial charge in [0.05, 0.1) is 17.6 Å². The van der Waals surface area contributed by atoms with Gasteiger partial charge in [-0.1, -0.05) is 45.0 Å². The summed E-state index contributed by atoms with van der Waals surface area (Å²) in [6.07, 6.45) is 1.42. The highest BCUT2D eigenvalue weighted by molar-refractivity contribution is 7.91. The molecular weight excluding hydrogens is 284 g/mol. The SMILES string of the molecule is CC(C)(C)c1ccc(CC(O)CC2CCS(=O)(=O)C2)cc1. The van der Waals surface area contributed by atoms with E-state index in [1.54, 1.807) is 0 Å². The molecule has 0 aliphatic carbocycles. The molecule has 1 saturated heterocycles. The second-order valence-corrected chi connectivity index (χ2v) is 9.54. The van der Waals surface area contributed by atoms with Crippen LogP contribution in [-0.2, 0) is 21.7 Å². The minimum atomic E-state index is -2.85. The van der Waals surface area contributed by atoms with Crippen LogP contribution in [0.1, 0.15) is 44.7 Å². The molecule has 4 heteroatoms. The zero-order valence-corrected chi connectivity index (χ0v) is 14.0. The van der Waals surface area contributed by atoms with Crippen LogP contribution in [0.15, 0.2) is 24.3 Å². The van der Waals surface area contributed by atoms with Crippen LogP contribution in [0.3, 0.4) is 0 Å². The molecular formula is C17H26O3S. The molecule has 2 atom stereocenters. The lowest BCUT2D eigenvalue weighted by molar-refractivity contribution is 0.147. The van der Waals surface area contributed by atoms with Crippen LogP contribution in [0.4, 0.5) is 0 Å². The maximum atomic E-state index is 11.4. The average molecular weight is 310 g/mol. The van der Waals surface area contributed by atoms with Gasteiger partial charge in [-0.15, -0.1) is 0 Å². The van der Waals surface area contributed by atoms with Gasteiger partial charge in [0.25, 0.3) is 0 Å². The van der Waals surface area contributed by atoms with Crippen molar-refractivity contribution in [2.24, 2.45) is 5.92 Å². The van der Waals surface area contributed by atoms with Crippen LogP contribution in [0, 0.1) is 5.92 Å². The van der Waals surface area contributed by atoms with Gasteiger partial charge in [-0.3, -0.25) is 0 Å². The fourth-order valence-corrected chi connectivity index (χ4v) is 4.82. The molecule has 1 heterocycles. The van der Waals surface area contributed by atoms with Crippen LogP contribution in [-0.4, -0.2) is 31.1 Å². The van der Waals surface area contributed by atoms with Crippen molar-refractivity contribution < 1.29 is 13.5 Å². The topological polar surface area (TPSA) is 54.4 Å². The van der Waals surface area contributed by atoms with Crippen molar-refractivity contribution in [3.05, 3.63) is 35.4 Å². The van der Waals surface area contributed by atoms with Crippen LogP contribution < -0.4 is 0 Å². The Morgan fingerprint density at radius 3 is 2.33 bits per heavy atom. The largest absolute Gasteiger partial charge is 0.393 e. The Bertz CT molecular complexity index is 567. The predicted octanol–water partition coefficient (Wildman–Crippen LogP) is 2.71. The molecule has 2 rings (SSSR count). The summed E-state index contributed by atoms with van der Waals surface area (Å²) in [5.41, 5.74) is 2.52. The van der Waals surface area contributed by atoms with Crippen molar-refractivity contribution >= 4 is 9.84 Å². The van der Waals surface area contributed by atoms with Crippen molar-refractivity contribution in [1.82, 2.24) is 0 Å². The fourth-order valence-electron chi connectivity index (χ4n) is 2.94. The van der Waals surface area contributed by atoms with Crippen molar-refractivity contribution in [2.45, 2.75) is 51.6 Å². The van der Waals surface area contributed by atoms with E-state index in [9.17, 15) is 13.5 Å². The molecule has 1 aromatic rings. The minimum absolute atomic E-state index is 0.124. The normalized spacial score (nSPS) is 23.1. The van der Waals surface area contributed by atoms with Crippen LogP contribution in [0.25, 0.3) is 0 Å². The minimum Gasteiger partial charge on any atom is -0.393 e. The highest BCUT2D eigenvalue weighted by atomic mass is 32.2. The number of aliphatic hydroxyl groups is 1. The number of benzene rings is 1. The second-order valence-electron chi connectivity index (χ2n) is 7.31. The van der Waals surface area contributed by atoms with Gasteiger partial charge in [0.15, 0.2) is 9.84 Å². The maximum Gasteiger partial charge on any atom is 0.150 e. The van der Waals surface area contributed by atoms with Gasteiger partial charge in [-0.2, -0.15) is 0 Å². The molecule has 0 bridgehead atoms. The van der Waals surface area contributed by atoms with Crippen LogP contribution in [0.2, 0.25) is 0 Å². The molecule has 3 nitrogen and oxygen atoms in total. The second kappa shape index (κ2) is 6.09. The summed E-state index contributed by atoms with van der Waals surface area (Å²) in [6.45, 7) is 6.53. The number of hydrogen-bond donors (Lipinski definition) is 1. The van der Waals surface area contributed by atoms with E-state index in [1.165, 1.54) is 5.56 Å². The molecule has 21 heavy (non-hydrogen) atoms. The first-order valence-corrected chi connectivity index (χ1v) is 9.46. The smallest absolute Gasteiger partial charge is 0.150 e. The molecule has 0 spiro atoms. The summed E-state index contributed by atoms with van der Waals surface area (Å²) < 4.78 is 22.9. The summed E-state index contributed by atoms with van der Waals surface area (Å²) in [4.78, 5) is 0. The monoisotopic (exact) mass is 310 g/mol. The average Bonchev–Trinajstić information content (AvgIpc) is 2.68. The molecule has 1 aliphatic rings. The molecule has 2 unspecified atom stereocenters. The summed E-state index contributed by atoms with van der Waals surface area (Å²) in [5, 5.41) is 10.2. The first kappa shape index (κ1) is 16.5. The van der Waals surface area contributed by atoms with Gasteiger partial charge in [0.2, 0.25) is 0 Å². The lowest BCUT2D eigenvalue weighted by atomic mass is 9.86. The summed E-state index contributed by atoms with van der Waals surface area (Å²) in [5.74, 6) is 0.649. The van der Waals surface area contributed by atoms with Crippen molar-refractivity contribution in [2.75, 3.05) is 11.5 Å². The first-order chi connectivity index (χ1) is 9.66. The van der Waals surface area contributed by atoms with E-state index in [1.807, 2.05) is 0 Å². The lowest BCUT2D eigenvalue weighted by Crippen LogP contribution is -2.17. The van der Waals surface area contributed by atoms with E-state index in [-0.39, 0.29) is 22.8 Å². The van der Waals surface area contributed by atoms with Gasteiger partial charge in [0, 0.05) is 0 Å². The highest BCUT2D eigenvalue weighted by Crippen LogP contribution is 2.25. The number of sulfone groups is 1. The Morgan fingerprint density at radius 1 is 1.24 bits per heavy atom. The molecule has 0 radical (unpaired) electrons. The van der Waals surface area contributed by atoms with Crippen molar-refractivity contribution in [1.29, 1.82) is 0 Å². The zero-order valence-electron chi connectivity index (χ0n) is 13.2. The van der Waals surface area contributed by atoms with Gasteiger partial charge < -0.3 is 5.11 Å². The third-order valence-electron chi connectivity index (χ3n) is 4.22. The summed E-state index contributed by atoms with van der Waals surface area (Å²) >= 11 is 0. The van der Waals surface area contributed by atoms with Gasteiger partial charge in [-0.05, 0) is 41.7 Å². The Balaban J connectivity index is 1.90. The zero-order chi connectivity index (χ0) is 15.7. The number of hydrogen-bond acceptors (Lipinski definition) is 3. The number of rotatable bonds is 4. The molecule has 0 saturated carbocycles. The van der Waals surface area contributed by atoms with E-state index >= 15 is 0 Å².